The minimum Gasteiger partial charge on any atom is -0.480 e. The molecule has 2 N–H and O–H groups in total. The summed E-state index contributed by atoms with van der Waals surface area (Å²) in [6.45, 7) is 1.61. The van der Waals surface area contributed by atoms with Crippen molar-refractivity contribution in [1.82, 2.24) is 15.0 Å². The highest BCUT2D eigenvalue weighted by atomic mass is 79.9. The molecule has 9 heteroatoms. The molecule has 0 saturated heterocycles. The first-order valence-electron chi connectivity index (χ1n) is 6.54. The maximum Gasteiger partial charge on any atom is 0.322 e. The van der Waals surface area contributed by atoms with Crippen LogP contribution in [0.25, 0.3) is 0 Å². The number of aromatic nitrogens is 3. The van der Waals surface area contributed by atoms with E-state index in [1.54, 1.807) is 19.1 Å². The first-order valence-corrected chi connectivity index (χ1v) is 7.71. The van der Waals surface area contributed by atoms with Gasteiger partial charge in [0, 0.05) is 5.69 Å². The molecule has 0 aliphatic carbocycles. The molecule has 0 amide bonds. The topological polar surface area (TPSA) is 97.2 Å². The van der Waals surface area contributed by atoms with Crippen molar-refractivity contribution in [2.75, 3.05) is 12.4 Å². The van der Waals surface area contributed by atoms with Crippen molar-refractivity contribution in [2.24, 2.45) is 0 Å². The lowest BCUT2D eigenvalue weighted by Crippen LogP contribution is -2.30. The second-order valence-electron chi connectivity index (χ2n) is 4.92. The van der Waals surface area contributed by atoms with Gasteiger partial charge in [-0.2, -0.15) is 15.0 Å². The van der Waals surface area contributed by atoms with Crippen molar-refractivity contribution in [3.05, 3.63) is 35.1 Å². The van der Waals surface area contributed by atoms with Crippen LogP contribution in [-0.2, 0) is 11.2 Å². The van der Waals surface area contributed by atoms with Gasteiger partial charge < -0.3 is 15.2 Å². The Bertz CT molecular complexity index is 710. The molecule has 0 bridgehead atoms. The number of methoxy groups -OCH3 is 1. The summed E-state index contributed by atoms with van der Waals surface area (Å²) in [5, 5.41) is 12.1. The number of rotatable bonds is 6. The molecular weight excluding hydrogens is 388 g/mol. The van der Waals surface area contributed by atoms with Gasteiger partial charge in [-0.15, -0.1) is 0 Å². The maximum atomic E-state index is 11.1. The number of nitrogens with one attached hydrogen (secondary N) is 1. The Morgan fingerprint density at radius 3 is 2.57 bits per heavy atom. The molecule has 1 aromatic heterocycles. The number of carboxylic acids is 1. The zero-order valence-electron chi connectivity index (χ0n) is 12.4. The van der Waals surface area contributed by atoms with E-state index in [0.29, 0.717) is 6.42 Å². The van der Waals surface area contributed by atoms with Crippen LogP contribution in [-0.4, -0.2) is 37.5 Å². The van der Waals surface area contributed by atoms with Gasteiger partial charge in [0.1, 0.15) is 4.32 Å². The van der Waals surface area contributed by atoms with Gasteiger partial charge >= 0.3 is 12.0 Å². The third-order valence-corrected chi connectivity index (χ3v) is 3.75. The van der Waals surface area contributed by atoms with Crippen LogP contribution in [0.1, 0.15) is 12.5 Å². The molecule has 2 rings (SSSR count). The van der Waals surface area contributed by atoms with Crippen molar-refractivity contribution >= 4 is 45.1 Å². The van der Waals surface area contributed by atoms with E-state index in [4.69, 9.17) is 21.4 Å². The van der Waals surface area contributed by atoms with E-state index in [-0.39, 0.29) is 17.2 Å². The number of halogens is 2. The fourth-order valence-corrected chi connectivity index (χ4v) is 2.25. The summed E-state index contributed by atoms with van der Waals surface area (Å²) in [6.07, 6.45) is 0.355. The van der Waals surface area contributed by atoms with Gasteiger partial charge in [-0.1, -0.05) is 28.1 Å². The van der Waals surface area contributed by atoms with Gasteiger partial charge in [0.05, 0.1) is 7.11 Å². The smallest absolute Gasteiger partial charge is 0.322 e. The average molecular weight is 402 g/mol. The molecule has 0 saturated carbocycles. The normalized spacial score (nSPS) is 13.2. The molecule has 1 unspecified atom stereocenters. The SMILES string of the molecule is COc1nc(Cl)nc(Nc2ccc(CC(C)(Br)C(=O)O)cc2)n1. The van der Waals surface area contributed by atoms with Crippen molar-refractivity contribution in [3.8, 4) is 6.01 Å². The Morgan fingerprint density at radius 2 is 2.00 bits per heavy atom. The Labute approximate surface area is 146 Å². The molecule has 0 aliphatic heterocycles. The summed E-state index contributed by atoms with van der Waals surface area (Å²) in [5.74, 6) is -0.655. The highest BCUT2D eigenvalue weighted by Crippen LogP contribution is 2.25. The molecule has 0 fully saturated rings. The molecule has 1 aromatic carbocycles. The zero-order valence-corrected chi connectivity index (χ0v) is 14.7. The van der Waals surface area contributed by atoms with Gasteiger partial charge in [0.25, 0.3) is 0 Å². The van der Waals surface area contributed by atoms with Crippen molar-refractivity contribution in [2.45, 2.75) is 17.7 Å². The van der Waals surface area contributed by atoms with Crippen molar-refractivity contribution in [1.29, 1.82) is 0 Å². The molecule has 1 atom stereocenters. The van der Waals surface area contributed by atoms with Crippen molar-refractivity contribution in [3.63, 3.8) is 0 Å². The lowest BCUT2D eigenvalue weighted by molar-refractivity contribution is -0.139. The monoisotopic (exact) mass is 400 g/mol. The quantitative estimate of drug-likeness (QED) is 0.718. The van der Waals surface area contributed by atoms with Gasteiger partial charge in [0.2, 0.25) is 11.2 Å². The third-order valence-electron chi connectivity index (χ3n) is 2.96. The van der Waals surface area contributed by atoms with Gasteiger partial charge in [-0.3, -0.25) is 4.79 Å². The minimum absolute atomic E-state index is 0.0208. The molecule has 0 radical (unpaired) electrons. The minimum atomic E-state index is -1.00. The van der Waals surface area contributed by atoms with Gasteiger partial charge in [0.15, 0.2) is 0 Å². The summed E-state index contributed by atoms with van der Waals surface area (Å²) in [5.41, 5.74) is 1.60. The summed E-state index contributed by atoms with van der Waals surface area (Å²) < 4.78 is 3.92. The van der Waals surface area contributed by atoms with E-state index in [9.17, 15) is 4.79 Å². The van der Waals surface area contributed by atoms with Gasteiger partial charge in [-0.25, -0.2) is 0 Å². The summed E-state index contributed by atoms with van der Waals surface area (Å²) in [4.78, 5) is 22.9. The molecule has 23 heavy (non-hydrogen) atoms. The van der Waals surface area contributed by atoms with Crippen LogP contribution in [0.3, 0.4) is 0 Å². The van der Waals surface area contributed by atoms with Crippen molar-refractivity contribution < 1.29 is 14.6 Å². The second-order valence-corrected chi connectivity index (χ2v) is 7.00. The predicted molar refractivity (Wildman–Crippen MR) is 89.8 cm³/mol. The van der Waals surface area contributed by atoms with Crippen LogP contribution in [0.15, 0.2) is 24.3 Å². The number of nitrogens with zero attached hydrogens (tertiary/aromatic N) is 3. The van der Waals surface area contributed by atoms with Gasteiger partial charge in [-0.05, 0) is 42.6 Å². The molecule has 122 valence electrons. The molecule has 0 aliphatic rings. The first kappa shape index (κ1) is 17.4. The number of hydrogen-bond acceptors (Lipinski definition) is 6. The summed E-state index contributed by atoms with van der Waals surface area (Å²) in [6, 6.07) is 7.35. The Morgan fingerprint density at radius 1 is 1.35 bits per heavy atom. The number of ether oxygens (including phenoxy) is 1. The van der Waals surface area contributed by atoms with E-state index in [1.165, 1.54) is 7.11 Å². The number of carbonyl (C=O) groups is 1. The number of anilines is 2. The molecular formula is C14H14BrClN4O3. The third kappa shape index (κ3) is 4.77. The van der Waals surface area contributed by atoms with E-state index in [0.717, 1.165) is 11.3 Å². The summed E-state index contributed by atoms with van der Waals surface area (Å²) >= 11 is 8.99. The lowest BCUT2D eigenvalue weighted by Gasteiger charge is -2.17. The number of benzene rings is 1. The van der Waals surface area contributed by atoms with E-state index in [2.05, 4.69) is 36.2 Å². The average Bonchev–Trinajstić information content (AvgIpc) is 2.48. The number of alkyl halides is 1. The standard InChI is InChI=1S/C14H14BrClN4O3/c1-14(15,10(21)22)7-8-3-5-9(6-4-8)17-12-18-11(16)19-13(20-12)23-2/h3-6H,7H2,1-2H3,(H,21,22)(H,17,18,19,20). The second kappa shape index (κ2) is 7.10. The van der Waals surface area contributed by atoms with E-state index < -0.39 is 10.3 Å². The Balaban J connectivity index is 2.11. The Hall–Kier alpha value is -1.93. The largest absolute Gasteiger partial charge is 0.480 e. The highest BCUT2D eigenvalue weighted by molar-refractivity contribution is 9.10. The van der Waals surface area contributed by atoms with E-state index in [1.807, 2.05) is 12.1 Å². The predicted octanol–water partition coefficient (Wildman–Crippen LogP) is 3.06. The maximum absolute atomic E-state index is 11.1. The van der Waals surface area contributed by atoms with Crippen LogP contribution in [0.5, 0.6) is 6.01 Å². The molecule has 1 heterocycles. The lowest BCUT2D eigenvalue weighted by atomic mass is 10.0. The number of carboxylic acid groups (broad SMARTS) is 1. The first-order chi connectivity index (χ1) is 10.8. The highest BCUT2D eigenvalue weighted by Gasteiger charge is 2.29. The van der Waals surface area contributed by atoms with Crippen LogP contribution in [0.2, 0.25) is 5.28 Å². The van der Waals surface area contributed by atoms with Crippen LogP contribution >= 0.6 is 27.5 Å². The number of aliphatic carboxylic acids is 1. The number of hydrogen-bond donors (Lipinski definition) is 2. The fraction of sp³-hybridized carbons (Fsp3) is 0.286. The zero-order chi connectivity index (χ0) is 17.0. The molecule has 0 spiro atoms. The molecule has 7 nitrogen and oxygen atoms in total. The van der Waals surface area contributed by atoms with Crippen LogP contribution in [0.4, 0.5) is 11.6 Å². The van der Waals surface area contributed by atoms with Crippen LogP contribution < -0.4 is 10.1 Å². The fourth-order valence-electron chi connectivity index (χ4n) is 1.77. The van der Waals surface area contributed by atoms with E-state index >= 15 is 0 Å². The van der Waals surface area contributed by atoms with Crippen LogP contribution in [0, 0.1) is 0 Å². The Kier molecular flexibility index (Phi) is 5.38. The molecule has 2 aromatic rings. The summed E-state index contributed by atoms with van der Waals surface area (Å²) in [7, 11) is 1.43.